The van der Waals surface area contributed by atoms with Crippen molar-refractivity contribution in [2.75, 3.05) is 20.2 Å². The van der Waals surface area contributed by atoms with Crippen LogP contribution in [-0.2, 0) is 0 Å². The monoisotopic (exact) mass is 322 g/mol. The lowest BCUT2D eigenvalue weighted by atomic mass is 10.1. The van der Waals surface area contributed by atoms with E-state index >= 15 is 0 Å². The Labute approximate surface area is 127 Å². The summed E-state index contributed by atoms with van der Waals surface area (Å²) >= 11 is 0. The number of methoxy groups -OCH3 is 1. The van der Waals surface area contributed by atoms with Gasteiger partial charge in [-0.2, -0.15) is 8.78 Å². The largest absolute Gasteiger partial charge is 0.493 e. The fourth-order valence-corrected chi connectivity index (χ4v) is 2.05. The third-order valence-corrected chi connectivity index (χ3v) is 3.04. The van der Waals surface area contributed by atoms with Gasteiger partial charge in [-0.15, -0.1) is 12.4 Å². The standard InChI is InChI=1S/C13H16F2N2O3.ClH/c1-19-11-6-8(2-3-10(11)20-13(14)15)12(18)17-9-4-5-16-7-9;/h2-3,6,9,13,16H,4-5,7H2,1H3,(H,17,18);1H. The first kappa shape index (κ1) is 17.5. The highest BCUT2D eigenvalue weighted by Crippen LogP contribution is 2.29. The van der Waals surface area contributed by atoms with Crippen molar-refractivity contribution in [2.45, 2.75) is 19.1 Å². The van der Waals surface area contributed by atoms with Gasteiger partial charge in [-0.3, -0.25) is 4.79 Å². The SMILES string of the molecule is COc1cc(C(=O)NC2CCNC2)ccc1OC(F)F.Cl. The molecule has 1 saturated heterocycles. The second kappa shape index (κ2) is 7.99. The number of ether oxygens (including phenoxy) is 2. The van der Waals surface area contributed by atoms with Gasteiger partial charge in [0.15, 0.2) is 11.5 Å². The van der Waals surface area contributed by atoms with Crippen LogP contribution in [0.1, 0.15) is 16.8 Å². The topological polar surface area (TPSA) is 59.6 Å². The number of amides is 1. The molecule has 1 atom stereocenters. The Morgan fingerprint density at radius 2 is 2.19 bits per heavy atom. The molecule has 1 aliphatic heterocycles. The van der Waals surface area contributed by atoms with E-state index in [4.69, 9.17) is 4.74 Å². The second-order valence-electron chi connectivity index (χ2n) is 4.41. The van der Waals surface area contributed by atoms with E-state index in [9.17, 15) is 13.6 Å². The number of halogens is 3. The van der Waals surface area contributed by atoms with Crippen molar-refractivity contribution in [3.8, 4) is 11.5 Å². The highest BCUT2D eigenvalue weighted by molar-refractivity contribution is 5.95. The van der Waals surface area contributed by atoms with Crippen LogP contribution in [0.25, 0.3) is 0 Å². The van der Waals surface area contributed by atoms with Gasteiger partial charge < -0.3 is 20.1 Å². The quantitative estimate of drug-likeness (QED) is 0.868. The van der Waals surface area contributed by atoms with Crippen LogP contribution in [0, 0.1) is 0 Å². The van der Waals surface area contributed by atoms with Crippen molar-refractivity contribution < 1.29 is 23.0 Å². The molecule has 1 aliphatic rings. The molecule has 2 rings (SSSR count). The van der Waals surface area contributed by atoms with Crippen molar-refractivity contribution in [3.05, 3.63) is 23.8 Å². The van der Waals surface area contributed by atoms with E-state index in [1.54, 1.807) is 0 Å². The van der Waals surface area contributed by atoms with Gasteiger partial charge in [0, 0.05) is 18.2 Å². The van der Waals surface area contributed by atoms with E-state index in [1.807, 2.05) is 0 Å². The maximum Gasteiger partial charge on any atom is 0.387 e. The maximum absolute atomic E-state index is 12.2. The number of nitrogens with one attached hydrogen (secondary N) is 2. The molecule has 1 fully saturated rings. The zero-order chi connectivity index (χ0) is 14.5. The Hall–Kier alpha value is -1.60. The minimum atomic E-state index is -2.94. The predicted molar refractivity (Wildman–Crippen MR) is 75.6 cm³/mol. The number of benzene rings is 1. The Kier molecular flexibility index (Phi) is 6.64. The lowest BCUT2D eigenvalue weighted by Crippen LogP contribution is -2.36. The first-order valence-electron chi connectivity index (χ1n) is 6.24. The molecule has 0 aromatic heterocycles. The lowest BCUT2D eigenvalue weighted by molar-refractivity contribution is -0.0512. The van der Waals surface area contributed by atoms with Gasteiger partial charge in [-0.05, 0) is 31.2 Å². The first-order chi connectivity index (χ1) is 9.60. The summed E-state index contributed by atoms with van der Waals surface area (Å²) in [5.74, 6) is -0.260. The zero-order valence-electron chi connectivity index (χ0n) is 11.4. The maximum atomic E-state index is 12.2. The van der Waals surface area contributed by atoms with Crippen molar-refractivity contribution >= 4 is 18.3 Å². The average Bonchev–Trinajstić information content (AvgIpc) is 2.91. The second-order valence-corrected chi connectivity index (χ2v) is 4.41. The summed E-state index contributed by atoms with van der Waals surface area (Å²) in [5.41, 5.74) is 0.343. The molecule has 0 radical (unpaired) electrons. The molecule has 1 heterocycles. The van der Waals surface area contributed by atoms with E-state index in [2.05, 4.69) is 15.4 Å². The fraction of sp³-hybridized carbons (Fsp3) is 0.462. The summed E-state index contributed by atoms with van der Waals surface area (Å²) in [4.78, 5) is 12.0. The van der Waals surface area contributed by atoms with Gasteiger partial charge in [-0.1, -0.05) is 0 Å². The molecular formula is C13H17ClF2N2O3. The van der Waals surface area contributed by atoms with E-state index in [-0.39, 0.29) is 35.9 Å². The van der Waals surface area contributed by atoms with Crippen LogP contribution < -0.4 is 20.1 Å². The fourth-order valence-electron chi connectivity index (χ4n) is 2.05. The molecule has 5 nitrogen and oxygen atoms in total. The van der Waals surface area contributed by atoms with Gasteiger partial charge in [-0.25, -0.2) is 0 Å². The molecule has 1 unspecified atom stereocenters. The number of alkyl halides is 2. The number of hydrogen-bond acceptors (Lipinski definition) is 4. The minimum Gasteiger partial charge on any atom is -0.493 e. The molecule has 0 bridgehead atoms. The Morgan fingerprint density at radius 3 is 2.76 bits per heavy atom. The normalized spacial score (nSPS) is 17.2. The van der Waals surface area contributed by atoms with E-state index < -0.39 is 6.61 Å². The molecule has 21 heavy (non-hydrogen) atoms. The van der Waals surface area contributed by atoms with Crippen molar-refractivity contribution in [2.24, 2.45) is 0 Å². The van der Waals surface area contributed by atoms with Crippen LogP contribution in [0.5, 0.6) is 11.5 Å². The van der Waals surface area contributed by atoms with E-state index in [0.717, 1.165) is 19.5 Å². The number of hydrogen-bond donors (Lipinski definition) is 2. The lowest BCUT2D eigenvalue weighted by Gasteiger charge is -2.13. The molecule has 1 amide bonds. The molecular weight excluding hydrogens is 306 g/mol. The molecule has 8 heteroatoms. The minimum absolute atomic E-state index is 0. The van der Waals surface area contributed by atoms with Crippen LogP contribution in [0.2, 0.25) is 0 Å². The molecule has 118 valence electrons. The van der Waals surface area contributed by atoms with Crippen LogP contribution in [-0.4, -0.2) is 38.8 Å². The summed E-state index contributed by atoms with van der Waals surface area (Å²) in [6.45, 7) is -1.33. The summed E-state index contributed by atoms with van der Waals surface area (Å²) in [6.07, 6.45) is 0.870. The number of carbonyl (C=O) groups excluding carboxylic acids is 1. The predicted octanol–water partition coefficient (Wildman–Crippen LogP) is 1.81. The highest BCUT2D eigenvalue weighted by atomic mass is 35.5. The van der Waals surface area contributed by atoms with Gasteiger partial charge in [0.25, 0.3) is 5.91 Å². The van der Waals surface area contributed by atoms with Gasteiger partial charge in [0.05, 0.1) is 7.11 Å². The molecule has 0 spiro atoms. The third-order valence-electron chi connectivity index (χ3n) is 3.04. The summed E-state index contributed by atoms with van der Waals surface area (Å²) in [6, 6.07) is 4.20. The number of carbonyl (C=O) groups is 1. The van der Waals surface area contributed by atoms with Crippen molar-refractivity contribution in [1.29, 1.82) is 0 Å². The third kappa shape index (κ3) is 4.71. The Bertz CT molecular complexity index is 482. The van der Waals surface area contributed by atoms with Gasteiger partial charge in [0.2, 0.25) is 0 Å². The Morgan fingerprint density at radius 1 is 1.43 bits per heavy atom. The molecule has 0 saturated carbocycles. The van der Waals surface area contributed by atoms with Crippen LogP contribution >= 0.6 is 12.4 Å². The average molecular weight is 323 g/mol. The summed E-state index contributed by atoms with van der Waals surface area (Å²) < 4.78 is 33.7. The van der Waals surface area contributed by atoms with Crippen molar-refractivity contribution in [3.63, 3.8) is 0 Å². The smallest absolute Gasteiger partial charge is 0.387 e. The summed E-state index contributed by atoms with van der Waals surface area (Å²) in [7, 11) is 1.33. The molecule has 0 aliphatic carbocycles. The van der Waals surface area contributed by atoms with E-state index in [1.165, 1.54) is 25.3 Å². The van der Waals surface area contributed by atoms with Gasteiger partial charge >= 0.3 is 6.61 Å². The zero-order valence-corrected chi connectivity index (χ0v) is 12.2. The number of rotatable bonds is 5. The van der Waals surface area contributed by atoms with Crippen LogP contribution in [0.15, 0.2) is 18.2 Å². The molecule has 1 aromatic rings. The van der Waals surface area contributed by atoms with E-state index in [0.29, 0.717) is 5.56 Å². The molecule has 2 N–H and O–H groups in total. The molecule has 1 aromatic carbocycles. The Balaban J connectivity index is 0.00000220. The van der Waals surface area contributed by atoms with Crippen LogP contribution in [0.4, 0.5) is 8.78 Å². The highest BCUT2D eigenvalue weighted by Gasteiger charge is 2.19. The van der Waals surface area contributed by atoms with Crippen LogP contribution in [0.3, 0.4) is 0 Å². The first-order valence-corrected chi connectivity index (χ1v) is 6.24. The van der Waals surface area contributed by atoms with Gasteiger partial charge in [0.1, 0.15) is 0 Å². The van der Waals surface area contributed by atoms with Crippen molar-refractivity contribution in [1.82, 2.24) is 10.6 Å². The summed E-state index contributed by atoms with van der Waals surface area (Å²) in [5, 5.41) is 6.00.